The zero-order chi connectivity index (χ0) is 11.9. The molecule has 0 aromatic rings. The number of hydrogen-bond acceptors (Lipinski definition) is 3. The molecule has 0 aromatic heterocycles. The third-order valence-electron chi connectivity index (χ3n) is 2.49. The molecule has 0 radical (unpaired) electrons. The summed E-state index contributed by atoms with van der Waals surface area (Å²) in [5.41, 5.74) is 0. The summed E-state index contributed by atoms with van der Waals surface area (Å²) in [5, 5.41) is 27.0. The lowest BCUT2D eigenvalue weighted by molar-refractivity contribution is -0.184. The van der Waals surface area contributed by atoms with E-state index in [4.69, 9.17) is 5.11 Å². The Labute approximate surface area is 90.9 Å². The van der Waals surface area contributed by atoms with Crippen LogP contribution in [0.2, 0.25) is 0 Å². The van der Waals surface area contributed by atoms with Crippen molar-refractivity contribution in [3.8, 4) is 0 Å². The van der Waals surface area contributed by atoms with Crippen LogP contribution in [0.4, 0.5) is 0 Å². The Hall–Kier alpha value is -0.610. The average Bonchev–Trinajstić information content (AvgIpc) is 2.01. The third-order valence-corrected chi connectivity index (χ3v) is 2.49. The van der Waals surface area contributed by atoms with Crippen molar-refractivity contribution >= 4 is 5.97 Å². The summed E-state index contributed by atoms with van der Waals surface area (Å²) < 4.78 is 0. The van der Waals surface area contributed by atoms with Crippen LogP contribution in [-0.4, -0.2) is 27.1 Å². The molecule has 3 N–H and O–H groups in total. The molecule has 0 saturated carbocycles. The first-order chi connectivity index (χ1) is 6.87. The first kappa shape index (κ1) is 14.4. The van der Waals surface area contributed by atoms with Gasteiger partial charge in [0.1, 0.15) is 0 Å². The second kappa shape index (κ2) is 6.80. The van der Waals surface area contributed by atoms with Gasteiger partial charge in [0.2, 0.25) is 0 Å². The Balaban J connectivity index is 3.69. The zero-order valence-corrected chi connectivity index (χ0v) is 9.57. The lowest BCUT2D eigenvalue weighted by atomic mass is 9.96. The first-order valence-corrected chi connectivity index (χ1v) is 5.54. The summed E-state index contributed by atoms with van der Waals surface area (Å²) in [6.07, 6.45) is 3.35. The molecule has 90 valence electrons. The van der Waals surface area contributed by atoms with E-state index in [-0.39, 0.29) is 6.42 Å². The quantitative estimate of drug-likeness (QED) is 0.542. The smallest absolute Gasteiger partial charge is 0.308 e. The van der Waals surface area contributed by atoms with Gasteiger partial charge in [0.15, 0.2) is 5.79 Å². The lowest BCUT2D eigenvalue weighted by Gasteiger charge is -2.20. The summed E-state index contributed by atoms with van der Waals surface area (Å²) in [7, 11) is 0. The maximum absolute atomic E-state index is 10.3. The van der Waals surface area contributed by atoms with Gasteiger partial charge in [-0.2, -0.15) is 0 Å². The molecule has 4 nitrogen and oxygen atoms in total. The summed E-state index contributed by atoms with van der Waals surface area (Å²) in [6.45, 7) is 4.24. The van der Waals surface area contributed by atoms with Gasteiger partial charge in [-0.3, -0.25) is 4.79 Å². The minimum atomic E-state index is -2.04. The molecule has 0 spiro atoms. The number of rotatable bonds is 8. The fourth-order valence-electron chi connectivity index (χ4n) is 1.70. The van der Waals surface area contributed by atoms with Crippen LogP contribution < -0.4 is 0 Å². The molecule has 0 fully saturated rings. The fourth-order valence-corrected chi connectivity index (χ4v) is 1.70. The van der Waals surface area contributed by atoms with Crippen LogP contribution in [0.25, 0.3) is 0 Å². The Morgan fingerprint density at radius 1 is 1.33 bits per heavy atom. The molecule has 0 rings (SSSR count). The largest absolute Gasteiger partial charge is 0.481 e. The Morgan fingerprint density at radius 3 is 2.40 bits per heavy atom. The highest BCUT2D eigenvalue weighted by atomic mass is 16.5. The maximum atomic E-state index is 10.3. The second-order valence-electron chi connectivity index (χ2n) is 4.34. The highest BCUT2D eigenvalue weighted by Crippen LogP contribution is 2.19. The molecule has 15 heavy (non-hydrogen) atoms. The molecular formula is C11H22O4. The second-order valence-corrected chi connectivity index (χ2v) is 4.34. The van der Waals surface area contributed by atoms with E-state index < -0.39 is 18.2 Å². The van der Waals surface area contributed by atoms with Gasteiger partial charge >= 0.3 is 5.97 Å². The zero-order valence-electron chi connectivity index (χ0n) is 9.57. The van der Waals surface area contributed by atoms with Gasteiger partial charge in [-0.25, -0.2) is 0 Å². The molecule has 0 bridgehead atoms. The molecule has 0 heterocycles. The van der Waals surface area contributed by atoms with Crippen molar-refractivity contribution in [2.75, 3.05) is 0 Å². The van der Waals surface area contributed by atoms with Gasteiger partial charge < -0.3 is 15.3 Å². The van der Waals surface area contributed by atoms with E-state index in [2.05, 4.69) is 13.8 Å². The molecule has 0 saturated heterocycles. The number of carboxylic acids is 1. The molecular weight excluding hydrogens is 196 g/mol. The predicted octanol–water partition coefficient (Wildman–Crippen LogP) is 1.75. The van der Waals surface area contributed by atoms with E-state index >= 15 is 0 Å². The van der Waals surface area contributed by atoms with Crippen molar-refractivity contribution in [2.45, 2.75) is 58.2 Å². The van der Waals surface area contributed by atoms with Gasteiger partial charge in [-0.15, -0.1) is 0 Å². The van der Waals surface area contributed by atoms with Gasteiger partial charge in [-0.1, -0.05) is 33.1 Å². The van der Waals surface area contributed by atoms with Gasteiger partial charge in [0, 0.05) is 6.42 Å². The number of carbonyl (C=O) groups is 1. The lowest BCUT2D eigenvalue weighted by Crippen LogP contribution is -2.31. The Kier molecular flexibility index (Phi) is 6.52. The number of carboxylic acid groups (broad SMARTS) is 1. The molecule has 0 amide bonds. The number of aliphatic carboxylic acids is 1. The van der Waals surface area contributed by atoms with Crippen molar-refractivity contribution < 1.29 is 20.1 Å². The summed E-state index contributed by atoms with van der Waals surface area (Å²) in [4.78, 5) is 10.3. The van der Waals surface area contributed by atoms with E-state index in [9.17, 15) is 15.0 Å². The van der Waals surface area contributed by atoms with Crippen LogP contribution in [0.15, 0.2) is 0 Å². The van der Waals surface area contributed by atoms with E-state index in [1.54, 1.807) is 0 Å². The van der Waals surface area contributed by atoms with Gasteiger partial charge in [0.05, 0.1) is 6.42 Å². The number of aliphatic hydroxyl groups is 2. The van der Waals surface area contributed by atoms with Crippen LogP contribution in [0.3, 0.4) is 0 Å². The van der Waals surface area contributed by atoms with Crippen LogP contribution >= 0.6 is 0 Å². The Bertz CT molecular complexity index is 189. The van der Waals surface area contributed by atoms with E-state index in [0.717, 1.165) is 19.3 Å². The van der Waals surface area contributed by atoms with Gasteiger partial charge in [-0.05, 0) is 12.3 Å². The first-order valence-electron chi connectivity index (χ1n) is 5.54. The molecule has 0 aliphatic heterocycles. The fraction of sp³-hybridized carbons (Fsp3) is 0.909. The van der Waals surface area contributed by atoms with Crippen molar-refractivity contribution in [3.63, 3.8) is 0 Å². The average molecular weight is 218 g/mol. The minimum Gasteiger partial charge on any atom is -0.481 e. The predicted molar refractivity (Wildman–Crippen MR) is 57.3 cm³/mol. The monoisotopic (exact) mass is 218 g/mol. The highest BCUT2D eigenvalue weighted by Gasteiger charge is 2.26. The van der Waals surface area contributed by atoms with Gasteiger partial charge in [0.25, 0.3) is 0 Å². The minimum absolute atomic E-state index is 0.132. The highest BCUT2D eigenvalue weighted by molar-refractivity contribution is 5.67. The van der Waals surface area contributed by atoms with Crippen molar-refractivity contribution in [3.05, 3.63) is 0 Å². The SMILES string of the molecule is CCCC(C)CCCC(O)(O)CC(=O)O. The van der Waals surface area contributed by atoms with E-state index in [0.29, 0.717) is 12.3 Å². The Morgan fingerprint density at radius 2 is 1.93 bits per heavy atom. The molecule has 1 unspecified atom stereocenters. The molecule has 0 aromatic carbocycles. The standard InChI is InChI=1S/C11H22O4/c1-3-5-9(2)6-4-7-11(14,15)8-10(12)13/h9,14-15H,3-8H2,1-2H3,(H,12,13). The van der Waals surface area contributed by atoms with Crippen molar-refractivity contribution in [2.24, 2.45) is 5.92 Å². The van der Waals surface area contributed by atoms with Crippen LogP contribution in [-0.2, 0) is 4.79 Å². The van der Waals surface area contributed by atoms with Crippen molar-refractivity contribution in [1.82, 2.24) is 0 Å². The van der Waals surface area contributed by atoms with Crippen LogP contribution in [0.1, 0.15) is 52.4 Å². The molecule has 1 atom stereocenters. The summed E-state index contributed by atoms with van der Waals surface area (Å²) in [5.74, 6) is -2.66. The normalized spacial score (nSPS) is 13.9. The molecule has 4 heteroatoms. The summed E-state index contributed by atoms with van der Waals surface area (Å²) in [6, 6.07) is 0. The molecule has 0 aliphatic rings. The molecule has 0 aliphatic carbocycles. The van der Waals surface area contributed by atoms with Crippen molar-refractivity contribution in [1.29, 1.82) is 0 Å². The number of hydrogen-bond donors (Lipinski definition) is 3. The third kappa shape index (κ3) is 8.39. The van der Waals surface area contributed by atoms with Crippen LogP contribution in [0, 0.1) is 5.92 Å². The van der Waals surface area contributed by atoms with E-state index in [1.165, 1.54) is 0 Å². The summed E-state index contributed by atoms with van der Waals surface area (Å²) >= 11 is 0. The maximum Gasteiger partial charge on any atom is 0.308 e. The van der Waals surface area contributed by atoms with E-state index in [1.807, 2.05) is 0 Å². The topological polar surface area (TPSA) is 77.8 Å². The van der Waals surface area contributed by atoms with Crippen LogP contribution in [0.5, 0.6) is 0 Å².